The Hall–Kier alpha value is -1.64. The molecule has 0 radical (unpaired) electrons. The van der Waals surface area contributed by atoms with E-state index in [0.717, 1.165) is 32.5 Å². The Morgan fingerprint density at radius 3 is 2.63 bits per heavy atom. The lowest BCUT2D eigenvalue weighted by molar-refractivity contribution is -0.117. The van der Waals surface area contributed by atoms with E-state index in [1.807, 2.05) is 6.92 Å². The summed E-state index contributed by atoms with van der Waals surface area (Å²) in [7, 11) is -3.63. The third kappa shape index (κ3) is 5.67. The van der Waals surface area contributed by atoms with Crippen molar-refractivity contribution in [2.45, 2.75) is 51.5 Å². The van der Waals surface area contributed by atoms with E-state index in [1.54, 1.807) is 11.0 Å². The minimum absolute atomic E-state index is 0.132. The van der Waals surface area contributed by atoms with Crippen LogP contribution in [0.3, 0.4) is 0 Å². The van der Waals surface area contributed by atoms with E-state index in [4.69, 9.17) is 4.74 Å². The van der Waals surface area contributed by atoms with Crippen LogP contribution >= 0.6 is 0 Å². The highest BCUT2D eigenvalue weighted by atomic mass is 32.2. The number of ether oxygens (including phenoxy) is 1. The minimum Gasteiger partial charge on any atom is -0.487 e. The molecular formula is C19H31N3O4S. The monoisotopic (exact) mass is 397 g/mol. The predicted molar refractivity (Wildman–Crippen MR) is 107 cm³/mol. The summed E-state index contributed by atoms with van der Waals surface area (Å²) in [5, 5.41) is 0. The number of nitrogens with zero attached hydrogens (tertiary/aromatic N) is 2. The lowest BCUT2D eigenvalue weighted by Crippen LogP contribution is -2.41. The van der Waals surface area contributed by atoms with Crippen LogP contribution in [0.5, 0.6) is 5.75 Å². The van der Waals surface area contributed by atoms with Crippen molar-refractivity contribution in [1.29, 1.82) is 0 Å². The summed E-state index contributed by atoms with van der Waals surface area (Å²) in [5.41, 5.74) is 0.505. The van der Waals surface area contributed by atoms with Gasteiger partial charge in [-0.25, -0.2) is 13.1 Å². The van der Waals surface area contributed by atoms with E-state index in [9.17, 15) is 13.2 Å². The Morgan fingerprint density at radius 1 is 1.30 bits per heavy atom. The maximum Gasteiger partial charge on any atom is 0.240 e. The largest absolute Gasteiger partial charge is 0.487 e. The number of anilines is 1. The van der Waals surface area contributed by atoms with Gasteiger partial charge < -0.3 is 14.5 Å². The Kier molecular flexibility index (Phi) is 7.64. The maximum atomic E-state index is 12.6. The van der Waals surface area contributed by atoms with Crippen molar-refractivity contribution in [3.8, 4) is 5.75 Å². The van der Waals surface area contributed by atoms with E-state index in [0.29, 0.717) is 24.5 Å². The average molecular weight is 398 g/mol. The molecule has 7 nitrogen and oxygen atoms in total. The summed E-state index contributed by atoms with van der Waals surface area (Å²) in [6.45, 7) is 11.4. The molecule has 1 aliphatic rings. The molecule has 1 unspecified atom stereocenters. The first kappa shape index (κ1) is 21.7. The summed E-state index contributed by atoms with van der Waals surface area (Å²) >= 11 is 0. The molecule has 1 N–H and O–H groups in total. The number of unbranched alkanes of at least 4 members (excludes halogenated alkanes) is 1. The smallest absolute Gasteiger partial charge is 0.240 e. The second-order valence-electron chi connectivity index (χ2n) is 6.82. The van der Waals surface area contributed by atoms with Crippen molar-refractivity contribution in [2.75, 3.05) is 37.6 Å². The summed E-state index contributed by atoms with van der Waals surface area (Å²) in [6, 6.07) is 4.66. The van der Waals surface area contributed by atoms with Crippen molar-refractivity contribution in [2.24, 2.45) is 0 Å². The Bertz CT molecular complexity index is 747. The quantitative estimate of drug-likeness (QED) is 0.647. The number of carbonyl (C=O) groups is 1. The first-order valence-corrected chi connectivity index (χ1v) is 11.1. The molecule has 0 saturated carbocycles. The molecule has 1 heterocycles. The number of hydrogen-bond donors (Lipinski definition) is 1. The molecule has 0 bridgehead atoms. The van der Waals surface area contributed by atoms with Crippen molar-refractivity contribution >= 4 is 21.6 Å². The van der Waals surface area contributed by atoms with Crippen LogP contribution in [0.15, 0.2) is 23.1 Å². The number of rotatable bonds is 9. The van der Waals surface area contributed by atoms with Gasteiger partial charge in [0.1, 0.15) is 11.9 Å². The third-order valence-corrected chi connectivity index (χ3v) is 6.23. The van der Waals surface area contributed by atoms with Crippen LogP contribution < -0.4 is 14.4 Å². The highest BCUT2D eigenvalue weighted by molar-refractivity contribution is 7.89. The first-order chi connectivity index (χ1) is 12.8. The predicted octanol–water partition coefficient (Wildman–Crippen LogP) is 2.22. The number of sulfonamides is 1. The van der Waals surface area contributed by atoms with Gasteiger partial charge in [0.25, 0.3) is 0 Å². The SMILES string of the molecule is CCN(CC)CCCCNS(=O)(=O)c1ccc2c(c1)N(C(C)=O)CC(C)O2. The van der Waals surface area contributed by atoms with Crippen molar-refractivity contribution in [1.82, 2.24) is 9.62 Å². The van der Waals surface area contributed by atoms with Crippen LogP contribution in [0, 0.1) is 0 Å². The zero-order valence-electron chi connectivity index (χ0n) is 16.7. The minimum atomic E-state index is -3.63. The molecule has 0 aromatic heterocycles. The van der Waals surface area contributed by atoms with Gasteiger partial charge in [-0.1, -0.05) is 13.8 Å². The lowest BCUT2D eigenvalue weighted by Gasteiger charge is -2.33. The molecule has 1 aliphatic heterocycles. The molecule has 0 aliphatic carbocycles. The van der Waals surface area contributed by atoms with E-state index in [2.05, 4.69) is 23.5 Å². The zero-order valence-corrected chi connectivity index (χ0v) is 17.5. The van der Waals surface area contributed by atoms with Gasteiger partial charge in [0.15, 0.2) is 0 Å². The van der Waals surface area contributed by atoms with Gasteiger partial charge in [0.2, 0.25) is 15.9 Å². The van der Waals surface area contributed by atoms with Crippen LogP contribution in [-0.2, 0) is 14.8 Å². The standard InChI is InChI=1S/C19H31N3O4S/c1-5-21(6-2)12-8-7-11-20-27(24,25)17-9-10-19-18(13-17)22(16(4)23)14-15(3)26-19/h9-10,13,15,20H,5-8,11-12,14H2,1-4H3. The fraction of sp³-hybridized carbons (Fsp3) is 0.632. The number of fused-ring (bicyclic) bond motifs is 1. The van der Waals surface area contributed by atoms with Crippen LogP contribution in [0.2, 0.25) is 0 Å². The summed E-state index contributed by atoms with van der Waals surface area (Å²) in [5.74, 6) is 0.396. The van der Waals surface area contributed by atoms with E-state index in [1.165, 1.54) is 19.1 Å². The molecule has 152 valence electrons. The first-order valence-electron chi connectivity index (χ1n) is 9.59. The second-order valence-corrected chi connectivity index (χ2v) is 8.59. The summed E-state index contributed by atoms with van der Waals surface area (Å²) in [4.78, 5) is 15.9. The fourth-order valence-corrected chi connectivity index (χ4v) is 4.27. The summed E-state index contributed by atoms with van der Waals surface area (Å²) in [6.07, 6.45) is 1.59. The van der Waals surface area contributed by atoms with Gasteiger partial charge in [-0.2, -0.15) is 0 Å². The molecule has 0 spiro atoms. The molecule has 1 amide bonds. The van der Waals surface area contributed by atoms with Gasteiger partial charge >= 0.3 is 0 Å². The van der Waals surface area contributed by atoms with Gasteiger partial charge in [-0.05, 0) is 57.6 Å². The number of amides is 1. The zero-order chi connectivity index (χ0) is 20.0. The van der Waals surface area contributed by atoms with E-state index in [-0.39, 0.29) is 16.9 Å². The molecule has 0 saturated heterocycles. The number of carbonyl (C=O) groups excluding carboxylic acids is 1. The van der Waals surface area contributed by atoms with E-state index < -0.39 is 10.0 Å². The highest BCUT2D eigenvalue weighted by Crippen LogP contribution is 2.35. The molecule has 2 rings (SSSR count). The van der Waals surface area contributed by atoms with Crippen molar-refractivity contribution in [3.63, 3.8) is 0 Å². The van der Waals surface area contributed by atoms with Crippen LogP contribution in [0.1, 0.15) is 40.5 Å². The third-order valence-electron chi connectivity index (χ3n) is 4.77. The summed E-state index contributed by atoms with van der Waals surface area (Å²) < 4.78 is 33.6. The Labute approximate surface area is 162 Å². The van der Waals surface area contributed by atoms with Crippen LogP contribution in [0.4, 0.5) is 5.69 Å². The molecule has 27 heavy (non-hydrogen) atoms. The molecule has 1 aromatic carbocycles. The second kappa shape index (κ2) is 9.52. The highest BCUT2D eigenvalue weighted by Gasteiger charge is 2.27. The Balaban J connectivity index is 2.02. The van der Waals surface area contributed by atoms with Gasteiger partial charge in [0.05, 0.1) is 17.1 Å². The van der Waals surface area contributed by atoms with Crippen molar-refractivity contribution in [3.05, 3.63) is 18.2 Å². The molecular weight excluding hydrogens is 366 g/mol. The van der Waals surface area contributed by atoms with Gasteiger partial charge in [-0.15, -0.1) is 0 Å². The maximum absolute atomic E-state index is 12.6. The number of nitrogens with one attached hydrogen (secondary N) is 1. The fourth-order valence-electron chi connectivity index (χ4n) is 3.17. The topological polar surface area (TPSA) is 79.0 Å². The average Bonchev–Trinajstić information content (AvgIpc) is 2.63. The lowest BCUT2D eigenvalue weighted by atomic mass is 10.2. The van der Waals surface area contributed by atoms with Crippen LogP contribution in [-0.4, -0.2) is 58.1 Å². The van der Waals surface area contributed by atoms with Gasteiger partial charge in [0, 0.05) is 13.5 Å². The molecule has 0 fully saturated rings. The van der Waals surface area contributed by atoms with Crippen molar-refractivity contribution < 1.29 is 17.9 Å². The normalized spacial score (nSPS) is 16.9. The molecule has 8 heteroatoms. The molecule has 1 aromatic rings. The van der Waals surface area contributed by atoms with Crippen LogP contribution in [0.25, 0.3) is 0 Å². The van der Waals surface area contributed by atoms with Gasteiger partial charge in [-0.3, -0.25) is 4.79 Å². The van der Waals surface area contributed by atoms with E-state index >= 15 is 0 Å². The Morgan fingerprint density at radius 2 is 2.00 bits per heavy atom. The molecule has 1 atom stereocenters. The number of benzene rings is 1. The number of hydrogen-bond acceptors (Lipinski definition) is 5.